The van der Waals surface area contributed by atoms with E-state index in [0.717, 1.165) is 0 Å². The average molecular weight is 201 g/mol. The minimum atomic E-state index is -0.502. The van der Waals surface area contributed by atoms with Crippen molar-refractivity contribution < 1.29 is 9.50 Å². The molecule has 0 bridgehead atoms. The van der Waals surface area contributed by atoms with Crippen LogP contribution in [0.15, 0.2) is 23.1 Å². The van der Waals surface area contributed by atoms with Crippen LogP contribution in [-0.4, -0.2) is 18.0 Å². The normalized spacial score (nSPS) is 12.9. The zero-order valence-corrected chi connectivity index (χ0v) is 8.14. The summed E-state index contributed by atoms with van der Waals surface area (Å²) < 4.78 is 13.2. The fourth-order valence-electron chi connectivity index (χ4n) is 1.13. The molecular weight excluding hydrogens is 189 g/mol. The molecule has 0 heterocycles. The monoisotopic (exact) mass is 201 g/mol. The van der Waals surface area contributed by atoms with Crippen molar-refractivity contribution in [2.24, 2.45) is 5.73 Å². The average Bonchev–Trinajstić information content (AvgIpc) is 2.16. The van der Waals surface area contributed by atoms with Crippen molar-refractivity contribution in [1.29, 1.82) is 0 Å². The third-order valence-corrected chi connectivity index (χ3v) is 2.64. The van der Waals surface area contributed by atoms with Crippen LogP contribution in [0.3, 0.4) is 0 Å². The lowest BCUT2D eigenvalue weighted by Crippen LogP contribution is -2.15. The van der Waals surface area contributed by atoms with E-state index in [1.807, 2.05) is 0 Å². The van der Waals surface area contributed by atoms with Gasteiger partial charge in [-0.2, -0.15) is 0 Å². The van der Waals surface area contributed by atoms with E-state index < -0.39 is 6.04 Å². The smallest absolute Gasteiger partial charge is 0.137 e. The quantitative estimate of drug-likeness (QED) is 0.729. The Balaban J connectivity index is 3.12. The van der Waals surface area contributed by atoms with Crippen LogP contribution in [0.5, 0.6) is 0 Å². The van der Waals surface area contributed by atoms with Gasteiger partial charge >= 0.3 is 0 Å². The lowest BCUT2D eigenvalue weighted by atomic mass is 10.1. The summed E-state index contributed by atoms with van der Waals surface area (Å²) in [5.74, 6) is -0.283. The summed E-state index contributed by atoms with van der Waals surface area (Å²) in [5.41, 5.74) is 6.27. The van der Waals surface area contributed by atoms with Crippen LogP contribution < -0.4 is 5.73 Å². The molecule has 0 aromatic heterocycles. The first-order valence-corrected chi connectivity index (χ1v) is 5.12. The number of aliphatic hydroxyl groups excluding tert-OH is 1. The van der Waals surface area contributed by atoms with Crippen molar-refractivity contribution in [1.82, 2.24) is 0 Å². The van der Waals surface area contributed by atoms with E-state index in [2.05, 4.69) is 0 Å². The largest absolute Gasteiger partial charge is 0.394 e. The second-order valence-electron chi connectivity index (χ2n) is 2.65. The molecule has 2 nitrogen and oxygen atoms in total. The Kier molecular flexibility index (Phi) is 3.71. The maximum Gasteiger partial charge on any atom is 0.137 e. The van der Waals surface area contributed by atoms with Crippen LogP contribution in [0.2, 0.25) is 0 Å². The lowest BCUT2D eigenvalue weighted by molar-refractivity contribution is 0.266. The highest BCUT2D eigenvalue weighted by molar-refractivity contribution is 7.98. The van der Waals surface area contributed by atoms with Gasteiger partial charge in [-0.05, 0) is 17.9 Å². The molecule has 0 radical (unpaired) electrons. The van der Waals surface area contributed by atoms with E-state index in [1.54, 1.807) is 18.4 Å². The van der Waals surface area contributed by atoms with Gasteiger partial charge in [0, 0.05) is 4.90 Å². The van der Waals surface area contributed by atoms with Gasteiger partial charge < -0.3 is 10.8 Å². The Hall–Kier alpha value is -0.580. The highest BCUT2D eigenvalue weighted by Gasteiger charge is 2.12. The van der Waals surface area contributed by atoms with E-state index in [4.69, 9.17) is 10.8 Å². The molecule has 13 heavy (non-hydrogen) atoms. The fraction of sp³-hybridized carbons (Fsp3) is 0.333. The van der Waals surface area contributed by atoms with Gasteiger partial charge in [-0.25, -0.2) is 4.39 Å². The standard InChI is InChI=1S/C9H12FNOS/c1-13-9-6(8(11)5-12)3-2-4-7(9)10/h2-4,8,12H,5,11H2,1H3. The Morgan fingerprint density at radius 3 is 2.85 bits per heavy atom. The van der Waals surface area contributed by atoms with Gasteiger partial charge in [0.2, 0.25) is 0 Å². The number of halogens is 1. The Morgan fingerprint density at radius 1 is 1.62 bits per heavy atom. The molecule has 0 fully saturated rings. The summed E-state index contributed by atoms with van der Waals surface area (Å²) in [6, 6.07) is 4.22. The Morgan fingerprint density at radius 2 is 2.31 bits per heavy atom. The minimum Gasteiger partial charge on any atom is -0.394 e. The summed E-state index contributed by atoms with van der Waals surface area (Å²) >= 11 is 1.30. The van der Waals surface area contributed by atoms with Gasteiger partial charge in [0.1, 0.15) is 5.82 Å². The molecule has 1 atom stereocenters. The lowest BCUT2D eigenvalue weighted by Gasteiger charge is -2.12. The molecule has 0 saturated carbocycles. The number of rotatable bonds is 3. The number of hydrogen-bond donors (Lipinski definition) is 2. The van der Waals surface area contributed by atoms with E-state index in [9.17, 15) is 4.39 Å². The maximum absolute atomic E-state index is 13.2. The third kappa shape index (κ3) is 2.21. The van der Waals surface area contributed by atoms with Gasteiger partial charge in [-0.1, -0.05) is 12.1 Å². The second kappa shape index (κ2) is 4.60. The molecule has 0 spiro atoms. The van der Waals surface area contributed by atoms with Crippen LogP contribution in [0, 0.1) is 5.82 Å². The first kappa shape index (κ1) is 10.5. The van der Waals surface area contributed by atoms with Crippen molar-refractivity contribution in [3.8, 4) is 0 Å². The summed E-state index contributed by atoms with van der Waals surface area (Å²) in [7, 11) is 0. The number of aliphatic hydroxyl groups is 1. The van der Waals surface area contributed by atoms with E-state index >= 15 is 0 Å². The molecular formula is C9H12FNOS. The predicted octanol–water partition coefficient (Wildman–Crippen LogP) is 1.54. The van der Waals surface area contributed by atoms with Crippen LogP contribution >= 0.6 is 11.8 Å². The third-order valence-electron chi connectivity index (χ3n) is 1.80. The molecule has 1 rings (SSSR count). The van der Waals surface area contributed by atoms with Crippen LogP contribution in [0.25, 0.3) is 0 Å². The summed E-state index contributed by atoms with van der Waals surface area (Å²) in [5, 5.41) is 8.84. The van der Waals surface area contributed by atoms with Crippen molar-refractivity contribution in [2.45, 2.75) is 10.9 Å². The molecule has 1 unspecified atom stereocenters. The maximum atomic E-state index is 13.2. The van der Waals surface area contributed by atoms with Crippen molar-refractivity contribution in [3.05, 3.63) is 29.6 Å². The number of thioether (sulfide) groups is 1. The topological polar surface area (TPSA) is 46.2 Å². The summed E-state index contributed by atoms with van der Waals surface area (Å²) in [6.07, 6.45) is 1.78. The number of benzene rings is 1. The van der Waals surface area contributed by atoms with Crippen molar-refractivity contribution in [3.63, 3.8) is 0 Å². The predicted molar refractivity (Wildman–Crippen MR) is 52.2 cm³/mol. The van der Waals surface area contributed by atoms with Crippen LogP contribution in [0.4, 0.5) is 4.39 Å². The molecule has 3 N–H and O–H groups in total. The molecule has 1 aromatic rings. The molecule has 1 aromatic carbocycles. The van der Waals surface area contributed by atoms with E-state index in [0.29, 0.717) is 10.5 Å². The van der Waals surface area contributed by atoms with Gasteiger partial charge in [0.15, 0.2) is 0 Å². The highest BCUT2D eigenvalue weighted by Crippen LogP contribution is 2.27. The molecule has 0 aliphatic carbocycles. The molecule has 72 valence electrons. The molecule has 4 heteroatoms. The van der Waals surface area contributed by atoms with Gasteiger partial charge in [0.05, 0.1) is 12.6 Å². The minimum absolute atomic E-state index is 0.170. The summed E-state index contributed by atoms with van der Waals surface area (Å²) in [4.78, 5) is 0.518. The van der Waals surface area contributed by atoms with Gasteiger partial charge in [0.25, 0.3) is 0 Å². The SMILES string of the molecule is CSc1c(F)cccc1C(N)CO. The highest BCUT2D eigenvalue weighted by atomic mass is 32.2. The Bertz CT molecular complexity index is 293. The van der Waals surface area contributed by atoms with E-state index in [1.165, 1.54) is 17.8 Å². The van der Waals surface area contributed by atoms with Crippen molar-refractivity contribution in [2.75, 3.05) is 12.9 Å². The zero-order valence-electron chi connectivity index (χ0n) is 7.33. The first-order chi connectivity index (χ1) is 6.20. The number of hydrogen-bond acceptors (Lipinski definition) is 3. The Labute approximate surface area is 80.9 Å². The molecule has 0 aliphatic heterocycles. The van der Waals surface area contributed by atoms with Crippen molar-refractivity contribution >= 4 is 11.8 Å². The zero-order chi connectivity index (χ0) is 9.84. The molecule has 0 saturated heterocycles. The van der Waals surface area contributed by atoms with Gasteiger partial charge in [-0.3, -0.25) is 0 Å². The molecule has 0 amide bonds. The second-order valence-corrected chi connectivity index (χ2v) is 3.47. The molecule has 0 aliphatic rings. The summed E-state index contributed by atoms with van der Waals surface area (Å²) in [6.45, 7) is -0.170. The first-order valence-electron chi connectivity index (χ1n) is 3.89. The fourth-order valence-corrected chi connectivity index (χ4v) is 1.85. The van der Waals surface area contributed by atoms with Gasteiger partial charge in [-0.15, -0.1) is 11.8 Å². The van der Waals surface area contributed by atoms with Crippen LogP contribution in [0.1, 0.15) is 11.6 Å². The number of nitrogens with two attached hydrogens (primary N) is 1. The van der Waals surface area contributed by atoms with E-state index in [-0.39, 0.29) is 12.4 Å². The van der Waals surface area contributed by atoms with Crippen LogP contribution in [-0.2, 0) is 0 Å².